The maximum atomic E-state index is 10.1. The number of hydrogen-bond donors (Lipinski definition) is 1. The Morgan fingerprint density at radius 1 is 1.71 bits per heavy atom. The fourth-order valence-corrected chi connectivity index (χ4v) is 0.828. The summed E-state index contributed by atoms with van der Waals surface area (Å²) in [5, 5.41) is 9.44. The summed E-state index contributed by atoms with van der Waals surface area (Å²) in [6, 6.07) is 0. The average molecular weight is 197 g/mol. The molecule has 1 N–H and O–H groups in total. The molecule has 14 heavy (non-hydrogen) atoms. The van der Waals surface area contributed by atoms with Gasteiger partial charge in [0.1, 0.15) is 6.29 Å². The maximum Gasteiger partial charge on any atom is 0.180 e. The first-order chi connectivity index (χ1) is 6.76. The first-order valence-electron chi connectivity index (χ1n) is 4.32. The van der Waals surface area contributed by atoms with Crippen LogP contribution in [0.3, 0.4) is 0 Å². The molecule has 0 saturated heterocycles. The number of hydrogen-bond acceptors (Lipinski definition) is 4. The predicted molar refractivity (Wildman–Crippen MR) is 55.1 cm³/mol. The maximum absolute atomic E-state index is 10.1. The Kier molecular flexibility index (Phi) is 7.59. The van der Waals surface area contributed by atoms with Gasteiger partial charge in [0.25, 0.3) is 0 Å². The Morgan fingerprint density at radius 2 is 2.43 bits per heavy atom. The third-order valence-electron chi connectivity index (χ3n) is 1.43. The topological polar surface area (TPSA) is 58.9 Å². The van der Waals surface area contributed by atoms with Gasteiger partial charge in [-0.05, 0) is 19.7 Å². The van der Waals surface area contributed by atoms with E-state index in [0.29, 0.717) is 12.2 Å². The van der Waals surface area contributed by atoms with Crippen LogP contribution in [0.15, 0.2) is 28.9 Å². The largest absolute Gasteiger partial charge is 0.364 e. The van der Waals surface area contributed by atoms with E-state index in [1.165, 1.54) is 6.20 Å². The van der Waals surface area contributed by atoms with Crippen LogP contribution < -0.4 is 0 Å². The van der Waals surface area contributed by atoms with E-state index in [-0.39, 0.29) is 6.42 Å². The number of aliphatic imine (C=N–C) groups is 1. The van der Waals surface area contributed by atoms with Gasteiger partial charge in [0.05, 0.1) is 0 Å². The summed E-state index contributed by atoms with van der Waals surface area (Å²) < 4.78 is 4.96. The molecular formula is C10H15NO3. The van der Waals surface area contributed by atoms with E-state index in [9.17, 15) is 9.90 Å². The number of carbonyl (C=O) groups is 1. The van der Waals surface area contributed by atoms with Crippen molar-refractivity contribution in [2.45, 2.75) is 19.6 Å². The van der Waals surface area contributed by atoms with Crippen LogP contribution in [0, 0.1) is 0 Å². The van der Waals surface area contributed by atoms with E-state index in [0.717, 1.165) is 6.29 Å². The number of aldehydes is 1. The first kappa shape index (κ1) is 12.7. The van der Waals surface area contributed by atoms with Gasteiger partial charge in [-0.2, -0.15) is 0 Å². The molecule has 0 bridgehead atoms. The summed E-state index contributed by atoms with van der Waals surface area (Å²) in [6.07, 6.45) is 4.53. The van der Waals surface area contributed by atoms with E-state index in [4.69, 9.17) is 4.74 Å². The normalized spacial score (nSPS) is 14.3. The second kappa shape index (κ2) is 8.34. The van der Waals surface area contributed by atoms with Crippen molar-refractivity contribution >= 4 is 13.0 Å². The Bertz CT molecular complexity index is 234. The molecule has 0 saturated carbocycles. The lowest BCUT2D eigenvalue weighted by atomic mass is 10.2. The molecule has 1 unspecified atom stereocenters. The summed E-state index contributed by atoms with van der Waals surface area (Å²) in [5.41, 5.74) is 0.506. The molecule has 0 spiro atoms. The lowest BCUT2D eigenvalue weighted by Gasteiger charge is -2.10. The highest BCUT2D eigenvalue weighted by Crippen LogP contribution is 2.07. The van der Waals surface area contributed by atoms with Crippen LogP contribution in [0.5, 0.6) is 0 Å². The zero-order valence-corrected chi connectivity index (χ0v) is 8.22. The van der Waals surface area contributed by atoms with Crippen LogP contribution in [0.25, 0.3) is 0 Å². The number of aliphatic hydroxyl groups is 1. The van der Waals surface area contributed by atoms with Crippen molar-refractivity contribution in [3.63, 3.8) is 0 Å². The molecule has 4 nitrogen and oxygen atoms in total. The molecule has 0 aromatic carbocycles. The van der Waals surface area contributed by atoms with Crippen molar-refractivity contribution in [1.82, 2.24) is 0 Å². The van der Waals surface area contributed by atoms with Crippen molar-refractivity contribution in [1.29, 1.82) is 0 Å². The Balaban J connectivity index is 4.43. The number of aliphatic hydroxyl groups excluding tert-OH is 1. The zero-order chi connectivity index (χ0) is 10.8. The van der Waals surface area contributed by atoms with Gasteiger partial charge in [0.2, 0.25) is 0 Å². The summed E-state index contributed by atoms with van der Waals surface area (Å²) in [4.78, 5) is 13.6. The van der Waals surface area contributed by atoms with Crippen LogP contribution in [0.2, 0.25) is 0 Å². The smallest absolute Gasteiger partial charge is 0.180 e. The minimum atomic E-state index is -1.02. The molecule has 0 aromatic rings. The Hall–Kier alpha value is -1.26. The highest BCUT2D eigenvalue weighted by atomic mass is 16.6. The van der Waals surface area contributed by atoms with E-state index < -0.39 is 6.29 Å². The molecule has 0 rings (SSSR count). The molecule has 0 aromatic heterocycles. The highest BCUT2D eigenvalue weighted by Gasteiger charge is 2.06. The average Bonchev–Trinajstić information content (AvgIpc) is 2.18. The van der Waals surface area contributed by atoms with Gasteiger partial charge in [-0.3, -0.25) is 4.99 Å². The zero-order valence-electron chi connectivity index (χ0n) is 8.22. The minimum Gasteiger partial charge on any atom is -0.364 e. The minimum absolute atomic E-state index is 0.237. The monoisotopic (exact) mass is 197 g/mol. The number of ether oxygens (including phenoxy) is 1. The van der Waals surface area contributed by atoms with E-state index in [2.05, 4.69) is 11.7 Å². The molecule has 0 heterocycles. The van der Waals surface area contributed by atoms with Gasteiger partial charge >= 0.3 is 0 Å². The first-order valence-corrected chi connectivity index (χ1v) is 4.32. The summed E-state index contributed by atoms with van der Waals surface area (Å²) in [5.74, 6) is 0. The molecule has 1 atom stereocenters. The summed E-state index contributed by atoms with van der Waals surface area (Å²) in [7, 11) is 0. The number of allylic oxidation sites excluding steroid dienone is 1. The number of rotatable bonds is 7. The van der Waals surface area contributed by atoms with Crippen molar-refractivity contribution in [3.8, 4) is 0 Å². The molecule has 0 fully saturated rings. The lowest BCUT2D eigenvalue weighted by Crippen LogP contribution is -2.13. The molecule has 0 aliphatic heterocycles. The van der Waals surface area contributed by atoms with Gasteiger partial charge in [-0.25, -0.2) is 0 Å². The molecule has 0 aliphatic carbocycles. The van der Waals surface area contributed by atoms with E-state index in [1.54, 1.807) is 19.1 Å². The lowest BCUT2D eigenvalue weighted by molar-refractivity contribution is -0.107. The van der Waals surface area contributed by atoms with Gasteiger partial charge < -0.3 is 14.6 Å². The third kappa shape index (κ3) is 5.40. The van der Waals surface area contributed by atoms with Gasteiger partial charge in [0.15, 0.2) is 6.29 Å². The number of nitrogens with zero attached hydrogens (tertiary/aromatic N) is 1. The highest BCUT2D eigenvalue weighted by molar-refractivity contribution is 5.52. The molecule has 0 radical (unpaired) electrons. The molecule has 0 amide bonds. The van der Waals surface area contributed by atoms with Crippen LogP contribution in [-0.2, 0) is 9.53 Å². The molecule has 4 heteroatoms. The van der Waals surface area contributed by atoms with Crippen LogP contribution in [0.4, 0.5) is 0 Å². The van der Waals surface area contributed by atoms with Gasteiger partial charge in [-0.1, -0.05) is 6.08 Å². The summed E-state index contributed by atoms with van der Waals surface area (Å²) in [6.45, 7) is 5.43. The second-order valence-electron chi connectivity index (χ2n) is 2.41. The predicted octanol–water partition coefficient (Wildman–Crippen LogP) is 1.07. The van der Waals surface area contributed by atoms with E-state index in [1.807, 2.05) is 0 Å². The van der Waals surface area contributed by atoms with Crippen molar-refractivity contribution in [3.05, 3.63) is 23.9 Å². The van der Waals surface area contributed by atoms with Crippen molar-refractivity contribution < 1.29 is 14.6 Å². The molecular weight excluding hydrogens is 182 g/mol. The summed E-state index contributed by atoms with van der Waals surface area (Å²) >= 11 is 0. The quantitative estimate of drug-likeness (QED) is 0.287. The van der Waals surface area contributed by atoms with Gasteiger partial charge in [0, 0.05) is 24.8 Å². The van der Waals surface area contributed by atoms with E-state index >= 15 is 0 Å². The second-order valence-corrected chi connectivity index (χ2v) is 2.41. The molecule has 0 aliphatic rings. The third-order valence-corrected chi connectivity index (χ3v) is 1.43. The standard InChI is InChI=1S/C10H15NO3/c1-3-14-10(13)9(5-4-8-12)6-7-11-2/h5-8,10,13H,2-4H2,1H3/b7-6-,9-5+. The van der Waals surface area contributed by atoms with Crippen molar-refractivity contribution in [2.75, 3.05) is 6.61 Å². The van der Waals surface area contributed by atoms with Crippen LogP contribution >= 0.6 is 0 Å². The van der Waals surface area contributed by atoms with Crippen molar-refractivity contribution in [2.24, 2.45) is 4.99 Å². The fourth-order valence-electron chi connectivity index (χ4n) is 0.828. The Labute approximate surface area is 83.6 Å². The SMILES string of the molecule is C=N/C=C\C(=C/CC=O)C(O)OCC. The Morgan fingerprint density at radius 3 is 2.93 bits per heavy atom. The number of carbonyl (C=O) groups excluding carboxylic acids is 1. The van der Waals surface area contributed by atoms with Crippen LogP contribution in [-0.4, -0.2) is 31.0 Å². The van der Waals surface area contributed by atoms with Gasteiger partial charge in [-0.15, -0.1) is 0 Å². The fraction of sp³-hybridized carbons (Fsp3) is 0.400. The van der Waals surface area contributed by atoms with Crippen LogP contribution in [0.1, 0.15) is 13.3 Å². The molecule has 78 valence electrons.